The smallest absolute Gasteiger partial charge is 0.126 e. The van der Waals surface area contributed by atoms with Crippen molar-refractivity contribution in [3.63, 3.8) is 0 Å². The van der Waals surface area contributed by atoms with Crippen molar-refractivity contribution < 1.29 is 24.4 Å². The Bertz CT molecular complexity index is 652. The molecule has 22 heavy (non-hydrogen) atoms. The van der Waals surface area contributed by atoms with Crippen molar-refractivity contribution in [2.75, 3.05) is 21.3 Å². The van der Waals surface area contributed by atoms with E-state index in [1.807, 2.05) is 6.07 Å². The van der Waals surface area contributed by atoms with Crippen molar-refractivity contribution in [3.05, 3.63) is 41.5 Å². The highest BCUT2D eigenvalue weighted by Crippen LogP contribution is 2.38. The Labute approximate surface area is 129 Å². The molecule has 0 saturated carbocycles. The number of hydrogen-bond donors (Lipinski definition) is 2. The molecule has 0 unspecified atom stereocenters. The second kappa shape index (κ2) is 7.15. The molecule has 2 aromatic rings. The summed E-state index contributed by atoms with van der Waals surface area (Å²) >= 11 is 0. The fourth-order valence-corrected chi connectivity index (χ4v) is 2.39. The standard InChI is InChI=1S/C17H20O5/c1-20-13-4-5-16(21-2)15(8-13)14-6-12(10-19)17(22-3)7-11(14)9-18/h4-8,18-19H,9-10H2,1-3H3. The van der Waals surface area contributed by atoms with Gasteiger partial charge in [0.05, 0.1) is 34.5 Å². The lowest BCUT2D eigenvalue weighted by atomic mass is 9.96. The molecule has 5 heteroatoms. The van der Waals surface area contributed by atoms with Gasteiger partial charge in [0.2, 0.25) is 0 Å². The van der Waals surface area contributed by atoms with Crippen molar-refractivity contribution in [2.24, 2.45) is 0 Å². The molecule has 118 valence electrons. The summed E-state index contributed by atoms with van der Waals surface area (Å²) < 4.78 is 15.9. The maximum Gasteiger partial charge on any atom is 0.126 e. The largest absolute Gasteiger partial charge is 0.497 e. The number of benzene rings is 2. The first-order valence-electron chi connectivity index (χ1n) is 6.82. The minimum Gasteiger partial charge on any atom is -0.497 e. The van der Waals surface area contributed by atoms with E-state index in [1.54, 1.807) is 38.5 Å². The van der Waals surface area contributed by atoms with E-state index in [2.05, 4.69) is 0 Å². The maximum absolute atomic E-state index is 9.66. The summed E-state index contributed by atoms with van der Waals surface area (Å²) in [7, 11) is 4.70. The van der Waals surface area contributed by atoms with Crippen molar-refractivity contribution in [2.45, 2.75) is 13.2 Å². The Kier molecular flexibility index (Phi) is 5.25. The molecule has 5 nitrogen and oxygen atoms in total. The van der Waals surface area contributed by atoms with Crippen molar-refractivity contribution in [3.8, 4) is 28.4 Å². The summed E-state index contributed by atoms with van der Waals surface area (Å²) in [6.07, 6.45) is 0. The van der Waals surface area contributed by atoms with Gasteiger partial charge in [-0.1, -0.05) is 0 Å². The Balaban J connectivity index is 2.70. The van der Waals surface area contributed by atoms with Crippen LogP contribution >= 0.6 is 0 Å². The first-order valence-corrected chi connectivity index (χ1v) is 6.82. The molecule has 0 fully saturated rings. The molecule has 2 N–H and O–H groups in total. The van der Waals surface area contributed by atoms with Gasteiger partial charge in [0.25, 0.3) is 0 Å². The number of methoxy groups -OCH3 is 3. The summed E-state index contributed by atoms with van der Waals surface area (Å²) in [6, 6.07) is 8.96. The average molecular weight is 304 g/mol. The van der Waals surface area contributed by atoms with Gasteiger partial charge in [-0.3, -0.25) is 0 Å². The number of rotatable bonds is 6. The summed E-state index contributed by atoms with van der Waals surface area (Å²) in [4.78, 5) is 0. The second-order valence-corrected chi connectivity index (χ2v) is 4.70. The molecule has 0 atom stereocenters. The Hall–Kier alpha value is -2.24. The van der Waals surface area contributed by atoms with Crippen LogP contribution in [0.15, 0.2) is 30.3 Å². The highest BCUT2D eigenvalue weighted by Gasteiger charge is 2.15. The van der Waals surface area contributed by atoms with Crippen LogP contribution in [-0.4, -0.2) is 31.5 Å². The molecule has 0 bridgehead atoms. The van der Waals surface area contributed by atoms with Gasteiger partial charge in [0, 0.05) is 11.1 Å². The van der Waals surface area contributed by atoms with Gasteiger partial charge in [-0.25, -0.2) is 0 Å². The molecule has 0 radical (unpaired) electrons. The van der Waals surface area contributed by atoms with E-state index >= 15 is 0 Å². The van der Waals surface area contributed by atoms with Crippen LogP contribution in [0.3, 0.4) is 0 Å². The fraction of sp³-hybridized carbons (Fsp3) is 0.294. The van der Waals surface area contributed by atoms with E-state index < -0.39 is 0 Å². The molecular formula is C17H20O5. The molecule has 0 spiro atoms. The van der Waals surface area contributed by atoms with Crippen molar-refractivity contribution in [1.82, 2.24) is 0 Å². The maximum atomic E-state index is 9.66. The molecule has 0 aliphatic rings. The monoisotopic (exact) mass is 304 g/mol. The average Bonchev–Trinajstić information content (AvgIpc) is 2.59. The molecule has 0 aliphatic carbocycles. The van der Waals surface area contributed by atoms with Gasteiger partial charge in [-0.15, -0.1) is 0 Å². The SMILES string of the molecule is COc1ccc(OC)c(-c2cc(CO)c(OC)cc2CO)c1. The highest BCUT2D eigenvalue weighted by molar-refractivity contribution is 5.76. The summed E-state index contributed by atoms with van der Waals surface area (Å²) in [5.74, 6) is 1.88. The fourth-order valence-electron chi connectivity index (χ4n) is 2.39. The third-order valence-electron chi connectivity index (χ3n) is 3.54. The van der Waals surface area contributed by atoms with Crippen molar-refractivity contribution >= 4 is 0 Å². The van der Waals surface area contributed by atoms with E-state index in [-0.39, 0.29) is 13.2 Å². The van der Waals surface area contributed by atoms with Crippen LogP contribution in [0.2, 0.25) is 0 Å². The van der Waals surface area contributed by atoms with E-state index in [0.29, 0.717) is 28.4 Å². The zero-order valence-corrected chi connectivity index (χ0v) is 12.9. The first-order chi connectivity index (χ1) is 10.7. The molecule has 0 aromatic heterocycles. The van der Waals surface area contributed by atoms with E-state index in [9.17, 15) is 10.2 Å². The zero-order chi connectivity index (χ0) is 16.1. The van der Waals surface area contributed by atoms with Gasteiger partial charge < -0.3 is 24.4 Å². The molecule has 0 amide bonds. The minimum absolute atomic E-state index is 0.155. The molecule has 0 aliphatic heterocycles. The molecule has 2 aromatic carbocycles. The van der Waals surface area contributed by atoms with Crippen LogP contribution in [0.4, 0.5) is 0 Å². The first kappa shape index (κ1) is 16.1. The lowest BCUT2D eigenvalue weighted by Gasteiger charge is -2.16. The number of aliphatic hydroxyl groups is 2. The Morgan fingerprint density at radius 2 is 1.41 bits per heavy atom. The molecule has 0 heterocycles. The quantitative estimate of drug-likeness (QED) is 0.857. The molecule has 0 saturated heterocycles. The van der Waals surface area contributed by atoms with E-state index in [4.69, 9.17) is 14.2 Å². The van der Waals surface area contributed by atoms with Gasteiger partial charge >= 0.3 is 0 Å². The number of hydrogen-bond acceptors (Lipinski definition) is 5. The van der Waals surface area contributed by atoms with Crippen molar-refractivity contribution in [1.29, 1.82) is 0 Å². The summed E-state index contributed by atoms with van der Waals surface area (Å²) in [6.45, 7) is -0.314. The van der Waals surface area contributed by atoms with Gasteiger partial charge in [0.1, 0.15) is 17.2 Å². The second-order valence-electron chi connectivity index (χ2n) is 4.70. The Morgan fingerprint density at radius 3 is 1.95 bits per heavy atom. The third kappa shape index (κ3) is 3.00. The van der Waals surface area contributed by atoms with Crippen LogP contribution in [0.5, 0.6) is 17.2 Å². The summed E-state index contributed by atoms with van der Waals surface area (Å²) in [5, 5.41) is 19.2. The predicted molar refractivity (Wildman–Crippen MR) is 83.4 cm³/mol. The highest BCUT2D eigenvalue weighted by atomic mass is 16.5. The number of aliphatic hydroxyl groups excluding tert-OH is 2. The zero-order valence-electron chi connectivity index (χ0n) is 12.9. The predicted octanol–water partition coefficient (Wildman–Crippen LogP) is 2.36. The number of ether oxygens (including phenoxy) is 3. The van der Waals surface area contributed by atoms with Crippen LogP contribution in [0.25, 0.3) is 11.1 Å². The van der Waals surface area contributed by atoms with E-state index in [0.717, 1.165) is 11.1 Å². The normalized spacial score (nSPS) is 10.4. The minimum atomic E-state index is -0.159. The molecular weight excluding hydrogens is 284 g/mol. The van der Waals surface area contributed by atoms with Gasteiger partial charge in [0.15, 0.2) is 0 Å². The lowest BCUT2D eigenvalue weighted by molar-refractivity contribution is 0.270. The van der Waals surface area contributed by atoms with Gasteiger partial charge in [-0.2, -0.15) is 0 Å². The van der Waals surface area contributed by atoms with Crippen LogP contribution < -0.4 is 14.2 Å². The Morgan fingerprint density at radius 1 is 0.727 bits per heavy atom. The summed E-state index contributed by atoms with van der Waals surface area (Å²) in [5.41, 5.74) is 2.87. The lowest BCUT2D eigenvalue weighted by Crippen LogP contribution is -1.99. The third-order valence-corrected chi connectivity index (χ3v) is 3.54. The van der Waals surface area contributed by atoms with Gasteiger partial charge in [-0.05, 0) is 41.5 Å². The van der Waals surface area contributed by atoms with Crippen LogP contribution in [0, 0.1) is 0 Å². The van der Waals surface area contributed by atoms with Crippen LogP contribution in [-0.2, 0) is 13.2 Å². The van der Waals surface area contributed by atoms with E-state index in [1.165, 1.54) is 7.11 Å². The topological polar surface area (TPSA) is 68.2 Å². The van der Waals surface area contributed by atoms with Crippen LogP contribution in [0.1, 0.15) is 11.1 Å². The molecule has 2 rings (SSSR count).